The van der Waals surface area contributed by atoms with Gasteiger partial charge in [-0.1, -0.05) is 0 Å². The van der Waals surface area contributed by atoms with Gasteiger partial charge in [-0.15, -0.1) is 0 Å². The van der Waals surface area contributed by atoms with Gasteiger partial charge in [0.2, 0.25) is 0 Å². The molecule has 0 saturated carbocycles. The molecule has 1 aromatic rings. The Labute approximate surface area is 103 Å². The Balaban J connectivity index is 2.43. The maximum absolute atomic E-state index is 5.54. The molecule has 3 N–H and O–H groups in total. The predicted octanol–water partition coefficient (Wildman–Crippen LogP) is 1.26. The fraction of sp³-hybridized carbons (Fsp3) is 0.750. The summed E-state index contributed by atoms with van der Waals surface area (Å²) in [6, 6.07) is 2.72. The van der Waals surface area contributed by atoms with Gasteiger partial charge < -0.3 is 4.74 Å². The van der Waals surface area contributed by atoms with E-state index in [4.69, 9.17) is 10.6 Å². The van der Waals surface area contributed by atoms with Crippen LogP contribution in [0.4, 0.5) is 0 Å². The van der Waals surface area contributed by atoms with E-state index in [9.17, 15) is 0 Å². The van der Waals surface area contributed by atoms with Crippen molar-refractivity contribution >= 4 is 0 Å². The van der Waals surface area contributed by atoms with E-state index in [1.165, 1.54) is 0 Å². The second-order valence-corrected chi connectivity index (χ2v) is 4.58. The Morgan fingerprint density at radius 3 is 2.82 bits per heavy atom. The SMILES string of the molecule is COCCCC(Cc1ccn(C(C)C)n1)NN. The van der Waals surface area contributed by atoms with E-state index >= 15 is 0 Å². The average Bonchev–Trinajstić information content (AvgIpc) is 2.76. The number of hydrogen-bond acceptors (Lipinski definition) is 4. The number of hydrazine groups is 1. The summed E-state index contributed by atoms with van der Waals surface area (Å²) >= 11 is 0. The van der Waals surface area contributed by atoms with Gasteiger partial charge in [0, 0.05) is 38.4 Å². The van der Waals surface area contributed by atoms with Gasteiger partial charge in [-0.3, -0.25) is 16.0 Å². The number of ether oxygens (including phenoxy) is 1. The molecule has 1 heterocycles. The van der Waals surface area contributed by atoms with Crippen molar-refractivity contribution in [3.8, 4) is 0 Å². The first kappa shape index (κ1) is 14.2. The Kier molecular flexibility index (Phi) is 6.18. The molecule has 1 aromatic heterocycles. The smallest absolute Gasteiger partial charge is 0.0640 e. The van der Waals surface area contributed by atoms with Crippen LogP contribution in [-0.2, 0) is 11.2 Å². The number of aromatic nitrogens is 2. The van der Waals surface area contributed by atoms with Crippen LogP contribution in [0.3, 0.4) is 0 Å². The molecule has 1 rings (SSSR count). The molecule has 0 aliphatic carbocycles. The highest BCUT2D eigenvalue weighted by Gasteiger charge is 2.10. The highest BCUT2D eigenvalue weighted by Crippen LogP contribution is 2.08. The first-order valence-corrected chi connectivity index (χ1v) is 6.16. The van der Waals surface area contributed by atoms with Crippen molar-refractivity contribution in [2.24, 2.45) is 5.84 Å². The molecule has 5 heteroatoms. The van der Waals surface area contributed by atoms with Crippen molar-refractivity contribution in [1.29, 1.82) is 0 Å². The van der Waals surface area contributed by atoms with Gasteiger partial charge in [-0.05, 0) is 32.8 Å². The summed E-state index contributed by atoms with van der Waals surface area (Å²) in [5, 5.41) is 4.52. The summed E-state index contributed by atoms with van der Waals surface area (Å²) in [6.45, 7) is 5.01. The second-order valence-electron chi connectivity index (χ2n) is 4.58. The van der Waals surface area contributed by atoms with Crippen molar-refractivity contribution in [3.63, 3.8) is 0 Å². The van der Waals surface area contributed by atoms with Crippen LogP contribution in [0.2, 0.25) is 0 Å². The van der Waals surface area contributed by atoms with Crippen LogP contribution in [0.15, 0.2) is 12.3 Å². The minimum atomic E-state index is 0.265. The fourth-order valence-electron chi connectivity index (χ4n) is 1.74. The molecular formula is C12H24N4O. The molecule has 0 bridgehead atoms. The first-order chi connectivity index (χ1) is 8.17. The highest BCUT2D eigenvalue weighted by molar-refractivity contribution is 5.01. The normalized spacial score (nSPS) is 13.2. The lowest BCUT2D eigenvalue weighted by molar-refractivity contribution is 0.188. The molecule has 0 saturated heterocycles. The molecule has 0 amide bonds. The van der Waals surface area contributed by atoms with Crippen molar-refractivity contribution in [1.82, 2.24) is 15.2 Å². The fourth-order valence-corrected chi connectivity index (χ4v) is 1.74. The van der Waals surface area contributed by atoms with E-state index in [0.29, 0.717) is 6.04 Å². The summed E-state index contributed by atoms with van der Waals surface area (Å²) in [4.78, 5) is 0. The zero-order valence-corrected chi connectivity index (χ0v) is 11.0. The average molecular weight is 240 g/mol. The van der Waals surface area contributed by atoms with Gasteiger partial charge in [0.1, 0.15) is 0 Å². The van der Waals surface area contributed by atoms with Crippen LogP contribution < -0.4 is 11.3 Å². The van der Waals surface area contributed by atoms with Crippen LogP contribution in [0.5, 0.6) is 0 Å². The minimum Gasteiger partial charge on any atom is -0.385 e. The molecular weight excluding hydrogens is 216 g/mol. The van der Waals surface area contributed by atoms with Crippen LogP contribution in [0.25, 0.3) is 0 Å². The van der Waals surface area contributed by atoms with E-state index in [1.54, 1.807) is 7.11 Å². The summed E-state index contributed by atoms with van der Waals surface area (Å²) in [7, 11) is 1.72. The molecule has 1 atom stereocenters. The zero-order valence-electron chi connectivity index (χ0n) is 11.0. The number of methoxy groups -OCH3 is 1. The summed E-state index contributed by atoms with van der Waals surface area (Å²) < 4.78 is 7.00. The standard InChI is InChI=1S/C12H24N4O/c1-10(2)16-7-6-12(15-16)9-11(14-13)5-4-8-17-3/h6-7,10-11,14H,4-5,8-9,13H2,1-3H3. The third-order valence-electron chi connectivity index (χ3n) is 2.78. The number of rotatable bonds is 8. The molecule has 0 aliphatic heterocycles. The van der Waals surface area contributed by atoms with Crippen molar-refractivity contribution in [2.75, 3.05) is 13.7 Å². The topological polar surface area (TPSA) is 65.1 Å². The molecule has 5 nitrogen and oxygen atoms in total. The summed E-state index contributed by atoms with van der Waals surface area (Å²) in [5.41, 5.74) is 3.93. The van der Waals surface area contributed by atoms with E-state index in [-0.39, 0.29) is 6.04 Å². The molecule has 0 aromatic carbocycles. The third-order valence-corrected chi connectivity index (χ3v) is 2.78. The summed E-state index contributed by atoms with van der Waals surface area (Å²) in [6.07, 6.45) is 4.89. The van der Waals surface area contributed by atoms with Gasteiger partial charge in [-0.25, -0.2) is 0 Å². The van der Waals surface area contributed by atoms with Gasteiger partial charge in [0.25, 0.3) is 0 Å². The van der Waals surface area contributed by atoms with Crippen LogP contribution >= 0.6 is 0 Å². The van der Waals surface area contributed by atoms with Crippen LogP contribution in [0, 0.1) is 0 Å². The lowest BCUT2D eigenvalue weighted by Gasteiger charge is -2.14. The molecule has 0 radical (unpaired) electrons. The Bertz CT molecular complexity index is 311. The number of nitrogens with two attached hydrogens (primary N) is 1. The highest BCUT2D eigenvalue weighted by atomic mass is 16.5. The lowest BCUT2D eigenvalue weighted by atomic mass is 10.1. The number of nitrogens with one attached hydrogen (secondary N) is 1. The second kappa shape index (κ2) is 7.42. The largest absolute Gasteiger partial charge is 0.385 e. The Morgan fingerprint density at radius 2 is 2.29 bits per heavy atom. The summed E-state index contributed by atoms with van der Waals surface area (Å²) in [5.74, 6) is 5.54. The van der Waals surface area contributed by atoms with E-state index < -0.39 is 0 Å². The molecule has 17 heavy (non-hydrogen) atoms. The zero-order chi connectivity index (χ0) is 12.7. The van der Waals surface area contributed by atoms with E-state index in [1.807, 2.05) is 10.9 Å². The van der Waals surface area contributed by atoms with Gasteiger partial charge in [0.05, 0.1) is 5.69 Å². The maximum Gasteiger partial charge on any atom is 0.0640 e. The van der Waals surface area contributed by atoms with Crippen LogP contribution in [-0.4, -0.2) is 29.5 Å². The Hall–Kier alpha value is -0.910. The maximum atomic E-state index is 5.54. The number of hydrogen-bond donors (Lipinski definition) is 2. The Morgan fingerprint density at radius 1 is 1.53 bits per heavy atom. The van der Waals surface area contributed by atoms with Gasteiger partial charge in [-0.2, -0.15) is 5.10 Å². The van der Waals surface area contributed by atoms with Crippen molar-refractivity contribution < 1.29 is 4.74 Å². The number of nitrogens with zero attached hydrogens (tertiary/aromatic N) is 2. The molecule has 1 unspecified atom stereocenters. The van der Waals surface area contributed by atoms with Gasteiger partial charge in [0.15, 0.2) is 0 Å². The first-order valence-electron chi connectivity index (χ1n) is 6.16. The van der Waals surface area contributed by atoms with E-state index in [2.05, 4.69) is 30.4 Å². The van der Waals surface area contributed by atoms with E-state index in [0.717, 1.165) is 31.6 Å². The van der Waals surface area contributed by atoms with Gasteiger partial charge >= 0.3 is 0 Å². The quantitative estimate of drug-likeness (QED) is 0.408. The molecule has 0 fully saturated rings. The van der Waals surface area contributed by atoms with Crippen molar-refractivity contribution in [3.05, 3.63) is 18.0 Å². The lowest BCUT2D eigenvalue weighted by Crippen LogP contribution is -2.37. The molecule has 0 aliphatic rings. The minimum absolute atomic E-state index is 0.265. The van der Waals surface area contributed by atoms with Crippen LogP contribution in [0.1, 0.15) is 38.4 Å². The monoisotopic (exact) mass is 240 g/mol. The predicted molar refractivity (Wildman–Crippen MR) is 68.5 cm³/mol. The molecule has 98 valence electrons. The van der Waals surface area contributed by atoms with Crippen molar-refractivity contribution in [2.45, 2.75) is 45.2 Å². The third kappa shape index (κ3) is 4.85. The molecule has 0 spiro atoms.